The number of rotatable bonds is 2. The second-order valence-corrected chi connectivity index (χ2v) is 3.34. The molecule has 1 amide bonds. The van der Waals surface area contributed by atoms with Crippen molar-refractivity contribution < 1.29 is 9.47 Å². The second-order valence-electron chi connectivity index (χ2n) is 3.34. The fraction of sp³-hybridized carbons (Fsp3) is 0.400. The number of nitrogens with one attached hydrogen (secondary N) is 1. The Bertz CT molecular complexity index is 308. The molecule has 3 nitrogen and oxygen atoms in total. The summed E-state index contributed by atoms with van der Waals surface area (Å²) in [6.07, 6.45) is 1.83. The van der Waals surface area contributed by atoms with Crippen molar-refractivity contribution in [3.63, 3.8) is 0 Å². The zero-order valence-corrected chi connectivity index (χ0v) is 8.24. The molecule has 0 aliphatic carbocycles. The van der Waals surface area contributed by atoms with E-state index in [1.165, 1.54) is 0 Å². The highest BCUT2D eigenvalue weighted by molar-refractivity contribution is 5.83. The average molecular weight is 179 g/mol. The number of hydrogen-bond donors (Lipinski definition) is 1. The first kappa shape index (κ1) is 9.71. The number of aryl methyl sites for hydroxylation is 1. The predicted molar refractivity (Wildman–Crippen MR) is 50.6 cm³/mol. The molecule has 0 spiro atoms. The van der Waals surface area contributed by atoms with Crippen molar-refractivity contribution >= 4 is 5.91 Å². The summed E-state index contributed by atoms with van der Waals surface area (Å²) >= 11 is 0. The quantitative estimate of drug-likeness (QED) is 0.675. The first-order valence-corrected chi connectivity index (χ1v) is 4.39. The number of aromatic nitrogens is 1. The number of pyridine rings is 1. The van der Waals surface area contributed by atoms with Crippen molar-refractivity contribution in [1.29, 1.82) is 0 Å². The van der Waals surface area contributed by atoms with Gasteiger partial charge in [0.25, 0.3) is 5.91 Å². The van der Waals surface area contributed by atoms with Crippen LogP contribution in [0.4, 0.5) is 0 Å². The van der Waals surface area contributed by atoms with E-state index >= 15 is 0 Å². The van der Waals surface area contributed by atoms with E-state index in [0.29, 0.717) is 0 Å². The van der Waals surface area contributed by atoms with Crippen molar-refractivity contribution in [3.05, 3.63) is 30.1 Å². The third-order valence-electron chi connectivity index (χ3n) is 1.82. The number of carbonyl (C=O) groups excluding carboxylic acids is 1. The molecule has 0 saturated carbocycles. The molecule has 0 aliphatic heterocycles. The molecule has 3 heteroatoms. The van der Waals surface area contributed by atoms with Gasteiger partial charge in [0, 0.05) is 25.0 Å². The average Bonchev–Trinajstić information content (AvgIpc) is 2.08. The lowest BCUT2D eigenvalue weighted by molar-refractivity contribution is -0.649. The van der Waals surface area contributed by atoms with Crippen LogP contribution in [-0.4, -0.2) is 5.91 Å². The Balaban J connectivity index is 2.75. The second kappa shape index (κ2) is 4.03. The first-order chi connectivity index (χ1) is 6.11. The maximum absolute atomic E-state index is 11.3. The number of nitrogens with zero attached hydrogens (tertiary/aromatic N) is 1. The lowest BCUT2D eigenvalue weighted by atomic mass is 10.2. The number of amides is 1. The van der Waals surface area contributed by atoms with Crippen LogP contribution in [-0.2, 0) is 4.79 Å². The van der Waals surface area contributed by atoms with Gasteiger partial charge in [-0.25, -0.2) is 0 Å². The van der Waals surface area contributed by atoms with E-state index in [-0.39, 0.29) is 11.8 Å². The minimum atomic E-state index is 0.00658. The van der Waals surface area contributed by atoms with Gasteiger partial charge in [-0.2, -0.15) is 0 Å². The summed E-state index contributed by atoms with van der Waals surface area (Å²) in [5.41, 5.74) is 3.80. The number of hydrogen-bond acceptors (Lipinski definition) is 1. The van der Waals surface area contributed by atoms with Gasteiger partial charge in [0.2, 0.25) is 5.69 Å². The fourth-order valence-electron chi connectivity index (χ4n) is 0.902. The Morgan fingerprint density at radius 1 is 1.46 bits per heavy atom. The van der Waals surface area contributed by atoms with E-state index in [1.807, 2.05) is 45.2 Å². The Hall–Kier alpha value is -1.38. The summed E-state index contributed by atoms with van der Waals surface area (Å²) in [4.78, 5) is 11.3. The van der Waals surface area contributed by atoms with Crippen LogP contribution in [0.3, 0.4) is 0 Å². The van der Waals surface area contributed by atoms with E-state index < -0.39 is 0 Å². The monoisotopic (exact) mass is 179 g/mol. The van der Waals surface area contributed by atoms with E-state index in [9.17, 15) is 4.79 Å². The highest BCUT2D eigenvalue weighted by Gasteiger charge is 2.12. The zero-order valence-electron chi connectivity index (χ0n) is 8.24. The maximum atomic E-state index is 11.3. The fourth-order valence-corrected chi connectivity index (χ4v) is 0.902. The number of carbonyl (C=O) groups is 1. The smallest absolute Gasteiger partial charge is 0.269 e. The largest absolute Gasteiger partial charge is 0.277 e. The van der Waals surface area contributed by atoms with Gasteiger partial charge < -0.3 is 0 Å². The molecule has 0 atom stereocenters. The summed E-state index contributed by atoms with van der Waals surface area (Å²) in [6, 6.07) is 5.77. The van der Waals surface area contributed by atoms with Crippen LogP contribution >= 0.6 is 0 Å². The van der Waals surface area contributed by atoms with Crippen LogP contribution in [0.2, 0.25) is 0 Å². The third-order valence-corrected chi connectivity index (χ3v) is 1.82. The van der Waals surface area contributed by atoms with Crippen LogP contribution in [0.1, 0.15) is 19.5 Å². The molecule has 1 heterocycles. The molecule has 13 heavy (non-hydrogen) atoms. The van der Waals surface area contributed by atoms with Crippen LogP contribution < -0.4 is 10.1 Å². The maximum Gasteiger partial charge on any atom is 0.277 e. The van der Waals surface area contributed by atoms with E-state index in [4.69, 9.17) is 0 Å². The summed E-state index contributed by atoms with van der Waals surface area (Å²) in [7, 11) is 0. The molecule has 0 bridgehead atoms. The Kier molecular flexibility index (Phi) is 3.01. The molecule has 1 aromatic heterocycles. The molecule has 0 aliphatic rings. The highest BCUT2D eigenvalue weighted by atomic mass is 16.2. The Labute approximate surface area is 78.4 Å². The molecule has 1 N–H and O–H groups in total. The van der Waals surface area contributed by atoms with Gasteiger partial charge in [-0.3, -0.25) is 4.79 Å². The Morgan fingerprint density at radius 2 is 2.15 bits per heavy atom. The van der Waals surface area contributed by atoms with Gasteiger partial charge in [0.15, 0.2) is 6.20 Å². The first-order valence-electron chi connectivity index (χ1n) is 4.39. The minimum absolute atomic E-state index is 0.00658. The predicted octanol–water partition coefficient (Wildman–Crippen LogP) is 1.01. The SMILES string of the molecule is Cc1cccc[n+]1NC(=O)C(C)C. The van der Waals surface area contributed by atoms with Crippen molar-refractivity contribution in [1.82, 2.24) is 0 Å². The van der Waals surface area contributed by atoms with Gasteiger partial charge in [-0.05, 0) is 6.07 Å². The molecule has 70 valence electrons. The standard InChI is InChI=1S/C10H14N2O/c1-8(2)10(13)11-12-7-5-4-6-9(12)3/h4-8H,1-3H3/p+1. The molecular formula is C10H15N2O+. The molecule has 1 rings (SSSR count). The lowest BCUT2D eigenvalue weighted by Gasteiger charge is -2.03. The van der Waals surface area contributed by atoms with Crippen LogP contribution in [0.5, 0.6) is 0 Å². The molecule has 0 saturated heterocycles. The van der Waals surface area contributed by atoms with Crippen LogP contribution in [0.25, 0.3) is 0 Å². The topological polar surface area (TPSA) is 33.0 Å². The van der Waals surface area contributed by atoms with Crippen molar-refractivity contribution in [2.24, 2.45) is 5.92 Å². The van der Waals surface area contributed by atoms with Gasteiger partial charge in [-0.1, -0.05) is 18.5 Å². The highest BCUT2D eigenvalue weighted by Crippen LogP contribution is 1.91. The molecule has 0 aromatic carbocycles. The molecule has 0 unspecified atom stereocenters. The van der Waals surface area contributed by atoms with Crippen LogP contribution in [0, 0.1) is 12.8 Å². The van der Waals surface area contributed by atoms with Crippen LogP contribution in [0.15, 0.2) is 24.4 Å². The van der Waals surface area contributed by atoms with E-state index in [1.54, 1.807) is 4.68 Å². The van der Waals surface area contributed by atoms with Gasteiger partial charge in [0.05, 0.1) is 0 Å². The lowest BCUT2D eigenvalue weighted by Crippen LogP contribution is -2.51. The summed E-state index contributed by atoms with van der Waals surface area (Å²) in [5, 5.41) is 0. The summed E-state index contributed by atoms with van der Waals surface area (Å²) in [6.45, 7) is 5.68. The molecular weight excluding hydrogens is 164 g/mol. The minimum Gasteiger partial charge on any atom is -0.269 e. The van der Waals surface area contributed by atoms with Gasteiger partial charge >= 0.3 is 0 Å². The van der Waals surface area contributed by atoms with Gasteiger partial charge in [-0.15, -0.1) is 5.43 Å². The molecule has 0 radical (unpaired) electrons. The zero-order chi connectivity index (χ0) is 9.84. The molecule has 0 fully saturated rings. The third kappa shape index (κ3) is 2.54. The summed E-state index contributed by atoms with van der Waals surface area (Å²) in [5.74, 6) is 0.0337. The molecule has 1 aromatic rings. The van der Waals surface area contributed by atoms with Crippen molar-refractivity contribution in [2.45, 2.75) is 20.8 Å². The van der Waals surface area contributed by atoms with Crippen molar-refractivity contribution in [3.8, 4) is 0 Å². The van der Waals surface area contributed by atoms with E-state index in [2.05, 4.69) is 5.43 Å². The van der Waals surface area contributed by atoms with Crippen molar-refractivity contribution in [2.75, 3.05) is 5.43 Å². The summed E-state index contributed by atoms with van der Waals surface area (Å²) < 4.78 is 1.72. The normalized spacial score (nSPS) is 10.2. The Morgan fingerprint density at radius 3 is 2.69 bits per heavy atom. The van der Waals surface area contributed by atoms with E-state index in [0.717, 1.165) is 5.69 Å². The van der Waals surface area contributed by atoms with Gasteiger partial charge in [0.1, 0.15) is 0 Å².